The zero-order chi connectivity index (χ0) is 38.6. The van der Waals surface area contributed by atoms with E-state index in [0.29, 0.717) is 0 Å². The minimum Gasteiger partial charge on any atom is -0.456 e. The van der Waals surface area contributed by atoms with Gasteiger partial charge in [-0.1, -0.05) is 91.0 Å². The van der Waals surface area contributed by atoms with Gasteiger partial charge in [0.1, 0.15) is 33.5 Å². The molecule has 274 valence electrons. The van der Waals surface area contributed by atoms with E-state index in [2.05, 4.69) is 133 Å². The van der Waals surface area contributed by atoms with Crippen LogP contribution in [0.1, 0.15) is 0 Å². The maximum atomic E-state index is 6.21. The molecule has 13 aromatic rings. The van der Waals surface area contributed by atoms with Crippen molar-refractivity contribution >= 4 is 87.6 Å². The van der Waals surface area contributed by atoms with Crippen molar-refractivity contribution in [3.8, 4) is 44.8 Å². The fraction of sp³-hybridized carbons (Fsp3) is 0. The first-order valence-corrected chi connectivity index (χ1v) is 19.8. The molecule has 5 heterocycles. The van der Waals surface area contributed by atoms with Crippen LogP contribution in [0.5, 0.6) is 0 Å². The maximum Gasteiger partial charge on any atom is 0.135 e. The van der Waals surface area contributed by atoms with Crippen LogP contribution in [-0.2, 0) is 0 Å². The highest BCUT2D eigenvalue weighted by atomic mass is 16.3. The summed E-state index contributed by atoms with van der Waals surface area (Å²) in [4.78, 5) is 10.7. The van der Waals surface area contributed by atoms with Crippen molar-refractivity contribution in [1.29, 1.82) is 0 Å². The molecule has 0 bridgehead atoms. The van der Waals surface area contributed by atoms with E-state index in [9.17, 15) is 0 Å². The highest BCUT2D eigenvalue weighted by molar-refractivity contribution is 6.09. The summed E-state index contributed by atoms with van der Waals surface area (Å²) in [6.45, 7) is 0. The summed E-state index contributed by atoms with van der Waals surface area (Å²) in [5.41, 5.74) is 15.2. The number of nitrogens with zero attached hydrogens (tertiary/aromatic N) is 2. The third-order valence-electron chi connectivity index (χ3n) is 11.8. The first-order valence-electron chi connectivity index (χ1n) is 19.8. The first-order chi connectivity index (χ1) is 29.2. The number of benzene rings is 8. The average molecular weight is 755 g/mol. The summed E-state index contributed by atoms with van der Waals surface area (Å²) < 4.78 is 18.6. The molecule has 5 nitrogen and oxygen atoms in total. The summed E-state index contributed by atoms with van der Waals surface area (Å²) in [6, 6.07) is 63.4. The van der Waals surface area contributed by atoms with Gasteiger partial charge in [-0.3, -0.25) is 0 Å². The Morgan fingerprint density at radius 3 is 1.08 bits per heavy atom. The van der Waals surface area contributed by atoms with Crippen molar-refractivity contribution < 1.29 is 13.3 Å². The monoisotopic (exact) mass is 754 g/mol. The molecule has 0 fully saturated rings. The molecule has 8 aromatic carbocycles. The lowest BCUT2D eigenvalue weighted by Gasteiger charge is -2.12. The number of furan rings is 3. The van der Waals surface area contributed by atoms with E-state index in [1.165, 1.54) is 0 Å². The first kappa shape index (κ1) is 32.1. The predicted octanol–water partition coefficient (Wildman–Crippen LogP) is 15.1. The molecule has 13 rings (SSSR count). The van der Waals surface area contributed by atoms with Crippen LogP contribution in [0, 0.1) is 0 Å². The molecule has 5 aromatic heterocycles. The molecule has 0 saturated carbocycles. The van der Waals surface area contributed by atoms with Gasteiger partial charge < -0.3 is 13.3 Å². The van der Waals surface area contributed by atoms with Gasteiger partial charge in [0.15, 0.2) is 0 Å². The topological polar surface area (TPSA) is 65.2 Å². The fourth-order valence-corrected chi connectivity index (χ4v) is 8.89. The van der Waals surface area contributed by atoms with Crippen molar-refractivity contribution in [2.75, 3.05) is 0 Å². The Bertz CT molecular complexity index is 3740. The van der Waals surface area contributed by atoms with E-state index in [0.717, 1.165) is 132 Å². The van der Waals surface area contributed by atoms with Crippen LogP contribution in [0.4, 0.5) is 0 Å². The Morgan fingerprint density at radius 1 is 0.254 bits per heavy atom. The highest BCUT2D eigenvalue weighted by Gasteiger charge is 2.16. The van der Waals surface area contributed by atoms with E-state index in [1.54, 1.807) is 0 Å². The van der Waals surface area contributed by atoms with Gasteiger partial charge in [0.05, 0.1) is 22.4 Å². The van der Waals surface area contributed by atoms with Gasteiger partial charge in [-0.25, -0.2) is 9.97 Å². The molecular formula is C54H30N2O3. The lowest BCUT2D eigenvalue weighted by Crippen LogP contribution is -1.92. The van der Waals surface area contributed by atoms with Gasteiger partial charge in [0, 0.05) is 54.2 Å². The van der Waals surface area contributed by atoms with Gasteiger partial charge in [0.25, 0.3) is 0 Å². The van der Waals surface area contributed by atoms with E-state index < -0.39 is 0 Å². The normalized spacial score (nSPS) is 12.1. The molecule has 0 aliphatic carbocycles. The SMILES string of the molecule is c1ccc2c(c1)oc1ccc(-c3cc(-c4ccc5oc6ccccc6c5c4)cc(-c4ccc5ccc6ccc(-c7ccc8oc9ccccc9c8c7)nc6c5n4)c3)cc12. The van der Waals surface area contributed by atoms with Crippen molar-refractivity contribution in [2.24, 2.45) is 0 Å². The summed E-state index contributed by atoms with van der Waals surface area (Å²) in [7, 11) is 0. The van der Waals surface area contributed by atoms with Crippen LogP contribution in [0.15, 0.2) is 195 Å². The standard InChI is InChI=1S/C54H30N2O3/c1-4-10-47-39(7-1)42-28-33(17-22-50(42)57-47)36-25-37(34-18-23-51-43(29-34)40-8-2-5-11-48(40)58-51)27-38(26-36)46-21-16-32-14-13-31-15-20-45(55-53(31)54(32)56-46)35-19-24-52-44(30-35)41-9-3-6-12-49(41)59-52/h1-30H. The minimum atomic E-state index is 0.862. The molecule has 5 heteroatoms. The van der Waals surface area contributed by atoms with Crippen LogP contribution < -0.4 is 0 Å². The molecule has 0 aliphatic rings. The highest BCUT2D eigenvalue weighted by Crippen LogP contribution is 2.39. The Morgan fingerprint density at radius 2 is 0.610 bits per heavy atom. The fourth-order valence-electron chi connectivity index (χ4n) is 8.89. The van der Waals surface area contributed by atoms with Crippen molar-refractivity contribution in [1.82, 2.24) is 9.97 Å². The largest absolute Gasteiger partial charge is 0.456 e. The molecular weight excluding hydrogens is 725 g/mol. The summed E-state index contributed by atoms with van der Waals surface area (Å²) in [6.07, 6.45) is 0. The number of pyridine rings is 2. The second-order valence-corrected chi connectivity index (χ2v) is 15.3. The van der Waals surface area contributed by atoms with Gasteiger partial charge in [-0.05, 0) is 113 Å². The van der Waals surface area contributed by atoms with Crippen LogP contribution in [0.3, 0.4) is 0 Å². The molecule has 0 radical (unpaired) electrons. The van der Waals surface area contributed by atoms with E-state index in [1.807, 2.05) is 48.5 Å². The number of fused-ring (bicyclic) bond motifs is 12. The minimum absolute atomic E-state index is 0.862. The summed E-state index contributed by atoms with van der Waals surface area (Å²) in [5, 5.41) is 8.64. The lowest BCUT2D eigenvalue weighted by molar-refractivity contribution is 0.668. The number of aromatic nitrogens is 2. The van der Waals surface area contributed by atoms with Crippen LogP contribution >= 0.6 is 0 Å². The molecule has 0 unspecified atom stereocenters. The summed E-state index contributed by atoms with van der Waals surface area (Å²) in [5.74, 6) is 0. The van der Waals surface area contributed by atoms with Gasteiger partial charge in [0.2, 0.25) is 0 Å². The van der Waals surface area contributed by atoms with Gasteiger partial charge >= 0.3 is 0 Å². The Kier molecular flexibility index (Phi) is 6.66. The van der Waals surface area contributed by atoms with Crippen LogP contribution in [0.2, 0.25) is 0 Å². The molecule has 0 spiro atoms. The lowest BCUT2D eigenvalue weighted by atomic mass is 9.93. The molecule has 0 saturated heterocycles. The van der Waals surface area contributed by atoms with Crippen molar-refractivity contribution in [3.63, 3.8) is 0 Å². The van der Waals surface area contributed by atoms with E-state index in [4.69, 9.17) is 23.2 Å². The second kappa shape index (κ2) is 12.2. The second-order valence-electron chi connectivity index (χ2n) is 15.3. The number of hydrogen-bond donors (Lipinski definition) is 0. The predicted molar refractivity (Wildman–Crippen MR) is 241 cm³/mol. The zero-order valence-corrected chi connectivity index (χ0v) is 31.4. The van der Waals surface area contributed by atoms with E-state index in [-0.39, 0.29) is 0 Å². The van der Waals surface area contributed by atoms with Crippen LogP contribution in [-0.4, -0.2) is 9.97 Å². The Labute approximate surface area is 336 Å². The molecule has 59 heavy (non-hydrogen) atoms. The maximum absolute atomic E-state index is 6.21. The number of rotatable bonds is 4. The van der Waals surface area contributed by atoms with E-state index >= 15 is 0 Å². The molecule has 0 N–H and O–H groups in total. The van der Waals surface area contributed by atoms with Gasteiger partial charge in [-0.2, -0.15) is 0 Å². The Balaban J connectivity index is 0.996. The zero-order valence-electron chi connectivity index (χ0n) is 31.4. The molecule has 0 aliphatic heterocycles. The number of para-hydroxylation sites is 3. The third kappa shape index (κ3) is 5.05. The van der Waals surface area contributed by atoms with Crippen LogP contribution in [0.25, 0.3) is 132 Å². The quantitative estimate of drug-likeness (QED) is 0.167. The smallest absolute Gasteiger partial charge is 0.135 e. The third-order valence-corrected chi connectivity index (χ3v) is 11.8. The van der Waals surface area contributed by atoms with Crippen molar-refractivity contribution in [2.45, 2.75) is 0 Å². The summed E-state index contributed by atoms with van der Waals surface area (Å²) >= 11 is 0. The van der Waals surface area contributed by atoms with Crippen molar-refractivity contribution in [3.05, 3.63) is 182 Å². The van der Waals surface area contributed by atoms with Gasteiger partial charge in [-0.15, -0.1) is 0 Å². The number of hydrogen-bond acceptors (Lipinski definition) is 5. The molecule has 0 atom stereocenters. The molecule has 0 amide bonds. The Hall–Kier alpha value is -8.02. The average Bonchev–Trinajstić information content (AvgIpc) is 3.99.